The van der Waals surface area contributed by atoms with Gasteiger partial charge < -0.3 is 0 Å². The third-order valence-corrected chi connectivity index (χ3v) is 0.483. The molecule has 0 aromatic carbocycles. The summed E-state index contributed by atoms with van der Waals surface area (Å²) < 4.78 is 0. The number of rotatable bonds is 1. The molecule has 2 radical (unpaired) electrons. The van der Waals surface area contributed by atoms with Crippen LogP contribution in [0, 0.1) is 6.92 Å². The summed E-state index contributed by atoms with van der Waals surface area (Å²) in [5, 5.41) is 1.54. The van der Waals surface area contributed by atoms with E-state index in [1.54, 1.807) is 23.6 Å². The molecular weight excluding hydrogens is 92.1 g/mol. The molecule has 1 heteroatoms. The molecule has 0 rings (SSSR count). The van der Waals surface area contributed by atoms with E-state index < -0.39 is 0 Å². The van der Waals surface area contributed by atoms with Gasteiger partial charge in [-0.15, -0.1) is 0 Å². The highest BCUT2D eigenvalue weighted by Crippen LogP contribution is 1.76. The van der Waals surface area contributed by atoms with Crippen LogP contribution in [0.15, 0.2) is 23.6 Å². The van der Waals surface area contributed by atoms with Crippen LogP contribution in [0.25, 0.3) is 0 Å². The Morgan fingerprint density at radius 3 is 2.17 bits per heavy atom. The SMILES string of the molecule is [CH2]C=CC=C[S]. The Labute approximate surface area is 44.0 Å². The van der Waals surface area contributed by atoms with Crippen LogP contribution >= 0.6 is 12.6 Å². The average Bonchev–Trinajstić information content (AvgIpc) is 1.61. The molecule has 0 aliphatic rings. The van der Waals surface area contributed by atoms with Crippen LogP contribution in [0.5, 0.6) is 0 Å². The summed E-state index contributed by atoms with van der Waals surface area (Å²) >= 11 is 4.46. The van der Waals surface area contributed by atoms with E-state index >= 15 is 0 Å². The van der Waals surface area contributed by atoms with Crippen molar-refractivity contribution in [2.24, 2.45) is 0 Å². The fraction of sp³-hybridized carbons (Fsp3) is 0. The zero-order valence-corrected chi connectivity index (χ0v) is 4.24. The Balaban J connectivity index is 3.07. The van der Waals surface area contributed by atoms with Crippen molar-refractivity contribution in [3.63, 3.8) is 0 Å². The molecule has 32 valence electrons. The predicted octanol–water partition coefficient (Wildman–Crippen LogP) is 2.09. The average molecular weight is 98.2 g/mol. The topological polar surface area (TPSA) is 0 Å². The molecule has 0 aliphatic heterocycles. The normalized spacial score (nSPS) is 11.5. The first-order valence-electron chi connectivity index (χ1n) is 1.64. The Kier molecular flexibility index (Phi) is 4.46. The highest BCUT2D eigenvalue weighted by atomic mass is 32.1. The van der Waals surface area contributed by atoms with E-state index in [0.717, 1.165) is 0 Å². The third kappa shape index (κ3) is 3.70. The van der Waals surface area contributed by atoms with Crippen LogP contribution in [0.2, 0.25) is 0 Å². The van der Waals surface area contributed by atoms with Crippen molar-refractivity contribution in [2.75, 3.05) is 0 Å². The minimum Gasteiger partial charge on any atom is -0.0887 e. The Morgan fingerprint density at radius 1 is 1.33 bits per heavy atom. The Bertz CT molecular complexity index is 52.3. The van der Waals surface area contributed by atoms with Gasteiger partial charge in [0.05, 0.1) is 0 Å². The minimum atomic E-state index is 1.54. The van der Waals surface area contributed by atoms with Gasteiger partial charge in [0, 0.05) is 5.41 Å². The highest BCUT2D eigenvalue weighted by Gasteiger charge is 1.50. The molecule has 0 saturated carbocycles. The lowest BCUT2D eigenvalue weighted by Crippen LogP contribution is -1.38. The van der Waals surface area contributed by atoms with Crippen molar-refractivity contribution >= 4 is 12.6 Å². The monoisotopic (exact) mass is 98.0 g/mol. The van der Waals surface area contributed by atoms with Crippen molar-refractivity contribution in [1.82, 2.24) is 0 Å². The number of allylic oxidation sites excluding steroid dienone is 3. The van der Waals surface area contributed by atoms with Gasteiger partial charge in [-0.1, -0.05) is 30.9 Å². The van der Waals surface area contributed by atoms with E-state index in [4.69, 9.17) is 0 Å². The first-order chi connectivity index (χ1) is 2.91. The molecule has 0 nitrogen and oxygen atoms in total. The molecule has 6 heavy (non-hydrogen) atoms. The second-order valence-electron chi connectivity index (χ2n) is 0.757. The van der Waals surface area contributed by atoms with Gasteiger partial charge in [-0.3, -0.25) is 0 Å². The summed E-state index contributed by atoms with van der Waals surface area (Å²) in [6, 6.07) is 0. The predicted molar refractivity (Wildman–Crippen MR) is 31.2 cm³/mol. The van der Waals surface area contributed by atoms with Gasteiger partial charge >= 0.3 is 0 Å². The maximum atomic E-state index is 4.46. The largest absolute Gasteiger partial charge is 0.0887 e. The summed E-state index contributed by atoms with van der Waals surface area (Å²) in [6.07, 6.45) is 5.22. The Hall–Kier alpha value is -0.300. The summed E-state index contributed by atoms with van der Waals surface area (Å²) in [5.41, 5.74) is 0. The van der Waals surface area contributed by atoms with Crippen LogP contribution in [0.3, 0.4) is 0 Å². The lowest BCUT2D eigenvalue weighted by molar-refractivity contribution is 1.98. The first kappa shape index (κ1) is 5.70. The van der Waals surface area contributed by atoms with Crippen LogP contribution in [0.1, 0.15) is 0 Å². The molecule has 0 N–H and O–H groups in total. The smallest absolute Gasteiger partial charge is 0.00134 e. The van der Waals surface area contributed by atoms with Gasteiger partial charge in [0.15, 0.2) is 0 Å². The van der Waals surface area contributed by atoms with Crippen LogP contribution < -0.4 is 0 Å². The molecule has 0 unspecified atom stereocenters. The molecule has 0 amide bonds. The van der Waals surface area contributed by atoms with Gasteiger partial charge in [0.2, 0.25) is 0 Å². The van der Waals surface area contributed by atoms with Crippen LogP contribution in [0.4, 0.5) is 0 Å². The summed E-state index contributed by atoms with van der Waals surface area (Å²) in [7, 11) is 0. The molecule has 0 spiro atoms. The third-order valence-electron chi connectivity index (χ3n) is 0.326. The summed E-state index contributed by atoms with van der Waals surface area (Å²) in [5.74, 6) is 0. The van der Waals surface area contributed by atoms with E-state index in [1.165, 1.54) is 0 Å². The molecule has 0 fully saturated rings. The lowest BCUT2D eigenvalue weighted by Gasteiger charge is -1.60. The van der Waals surface area contributed by atoms with Crippen LogP contribution in [-0.4, -0.2) is 0 Å². The maximum Gasteiger partial charge on any atom is 0.00134 e. The number of hydrogen-bond donors (Lipinski definition) is 0. The second kappa shape index (κ2) is 4.70. The first-order valence-corrected chi connectivity index (χ1v) is 2.12. The van der Waals surface area contributed by atoms with Gasteiger partial charge in [0.1, 0.15) is 0 Å². The molecule has 0 heterocycles. The second-order valence-corrected chi connectivity index (χ2v) is 1.03. The fourth-order valence-electron chi connectivity index (χ4n) is 0.124. The van der Waals surface area contributed by atoms with E-state index in [9.17, 15) is 0 Å². The van der Waals surface area contributed by atoms with E-state index in [2.05, 4.69) is 19.6 Å². The van der Waals surface area contributed by atoms with Gasteiger partial charge in [-0.25, -0.2) is 0 Å². The van der Waals surface area contributed by atoms with Crippen molar-refractivity contribution in [3.8, 4) is 0 Å². The van der Waals surface area contributed by atoms with Gasteiger partial charge in [-0.2, -0.15) is 0 Å². The zero-order valence-electron chi connectivity index (χ0n) is 3.42. The lowest BCUT2D eigenvalue weighted by atomic mass is 10.5. The quantitative estimate of drug-likeness (QED) is 0.440. The molecular formula is C5H6S. The van der Waals surface area contributed by atoms with Crippen molar-refractivity contribution < 1.29 is 0 Å². The van der Waals surface area contributed by atoms with Crippen molar-refractivity contribution in [2.45, 2.75) is 0 Å². The summed E-state index contributed by atoms with van der Waals surface area (Å²) in [6.45, 7) is 3.45. The Morgan fingerprint density at radius 2 is 2.00 bits per heavy atom. The number of hydrogen-bond acceptors (Lipinski definition) is 0. The summed E-state index contributed by atoms with van der Waals surface area (Å²) in [4.78, 5) is 0. The van der Waals surface area contributed by atoms with Gasteiger partial charge in [0.25, 0.3) is 0 Å². The molecule has 0 bridgehead atoms. The fourth-order valence-corrected chi connectivity index (χ4v) is 0.215. The molecule has 0 atom stereocenters. The van der Waals surface area contributed by atoms with E-state index in [0.29, 0.717) is 0 Å². The van der Waals surface area contributed by atoms with Crippen molar-refractivity contribution in [3.05, 3.63) is 30.6 Å². The van der Waals surface area contributed by atoms with E-state index in [1.807, 2.05) is 0 Å². The zero-order chi connectivity index (χ0) is 4.83. The highest BCUT2D eigenvalue weighted by molar-refractivity contribution is 7.83. The van der Waals surface area contributed by atoms with Crippen LogP contribution in [-0.2, 0) is 0 Å². The van der Waals surface area contributed by atoms with E-state index in [-0.39, 0.29) is 0 Å². The molecule has 0 aromatic heterocycles. The van der Waals surface area contributed by atoms with Crippen molar-refractivity contribution in [1.29, 1.82) is 0 Å². The minimum absolute atomic E-state index is 1.54. The maximum absolute atomic E-state index is 4.46. The molecule has 0 aromatic rings. The standard InChI is InChI=1S/C5H6S/c1-2-3-4-5-6/h2-5H,1H2. The van der Waals surface area contributed by atoms with Gasteiger partial charge in [-0.05, 0) is 6.92 Å². The molecule has 0 saturated heterocycles. The molecule has 0 aliphatic carbocycles.